The summed E-state index contributed by atoms with van der Waals surface area (Å²) in [5.41, 5.74) is 29.1. The van der Waals surface area contributed by atoms with Crippen LogP contribution >= 0.6 is 0 Å². The van der Waals surface area contributed by atoms with Crippen LogP contribution in [0.2, 0.25) is 0 Å². The molecule has 0 aliphatic carbocycles. The van der Waals surface area contributed by atoms with Gasteiger partial charge in [0, 0.05) is 88.3 Å². The Hall–Kier alpha value is -16.6. The zero-order chi connectivity index (χ0) is 80.8. The van der Waals surface area contributed by atoms with Crippen molar-refractivity contribution in [2.75, 3.05) is 0 Å². The van der Waals surface area contributed by atoms with Crippen molar-refractivity contribution in [2.45, 2.75) is 0 Å². The van der Waals surface area contributed by atoms with E-state index in [1.54, 1.807) is 0 Å². The first-order chi connectivity index (χ1) is 60.4. The summed E-state index contributed by atoms with van der Waals surface area (Å²) in [5.74, 6) is 3.43. The summed E-state index contributed by atoms with van der Waals surface area (Å²) in [6, 6.07) is 144. The fraction of sp³-hybridized carbons (Fsp3) is 0. The van der Waals surface area contributed by atoms with E-state index in [4.69, 9.17) is 53.7 Å². The van der Waals surface area contributed by atoms with Gasteiger partial charge in [-0.15, -0.1) is 0 Å². The van der Waals surface area contributed by atoms with Crippen molar-refractivity contribution in [1.29, 1.82) is 0 Å². The molecule has 122 heavy (non-hydrogen) atoms. The van der Waals surface area contributed by atoms with Crippen molar-refractivity contribution in [2.24, 2.45) is 0 Å². The van der Waals surface area contributed by atoms with Crippen LogP contribution in [-0.2, 0) is 0 Å². The molecule has 22 aromatic rings. The number of hydrogen-bond donors (Lipinski definition) is 0. The van der Waals surface area contributed by atoms with Gasteiger partial charge in [-0.2, -0.15) is 0 Å². The second-order valence-corrected chi connectivity index (χ2v) is 30.4. The summed E-state index contributed by atoms with van der Waals surface area (Å²) in [6.07, 6.45) is 0. The molecule has 0 aliphatic rings. The molecule has 0 amide bonds. The molecule has 11 nitrogen and oxygen atoms in total. The minimum Gasteiger partial charge on any atom is -0.455 e. The molecule has 0 spiro atoms. The molecule has 0 fully saturated rings. The topological polar surface area (TPSA) is 142 Å². The van der Waals surface area contributed by atoms with Crippen LogP contribution in [-0.4, -0.2) is 44.9 Å². The highest BCUT2D eigenvalue weighted by molar-refractivity contribution is 6.13. The minimum atomic E-state index is 0.466. The first kappa shape index (κ1) is 71.9. The highest BCUT2D eigenvalue weighted by Gasteiger charge is 2.24. The smallest absolute Gasteiger partial charge is 0.167 e. The maximum atomic E-state index is 7.22. The molecule has 22 rings (SSSR count). The van der Waals surface area contributed by atoms with Crippen molar-refractivity contribution < 1.29 is 8.83 Å². The number of nitrogens with zero attached hydrogens (tertiary/aromatic N) is 9. The van der Waals surface area contributed by atoms with Gasteiger partial charge in [0.05, 0.1) is 39.7 Å². The first-order valence-electron chi connectivity index (χ1n) is 40.7. The van der Waals surface area contributed by atoms with E-state index < -0.39 is 0 Å². The fourth-order valence-electron chi connectivity index (χ4n) is 16.4. The maximum absolute atomic E-state index is 7.22. The van der Waals surface area contributed by atoms with Gasteiger partial charge >= 0.3 is 0 Å². The van der Waals surface area contributed by atoms with Gasteiger partial charge in [0.1, 0.15) is 22.3 Å². The van der Waals surface area contributed by atoms with Crippen LogP contribution in [0.3, 0.4) is 0 Å². The van der Waals surface area contributed by atoms with Crippen LogP contribution < -0.4 is 0 Å². The van der Waals surface area contributed by atoms with Gasteiger partial charge in [-0.25, -0.2) is 44.9 Å². The van der Waals surface area contributed by atoms with Crippen LogP contribution in [0, 0.1) is 0 Å². The standard InChI is InChI=1S/C111H69N9O2/c1-8-26-70(27-9-1)83-40-24-42-86(60-83)101-69-100(114-107(117-101)80-36-18-6-19-37-80)77-52-46-72(47-53-77)88-62-92(73-50-54-78(55-51-73)99-68-96(74-28-10-2-11-29-74)112-106(113-99)79-34-16-5-17-35-79)104-94(63-88)91-59-58-85(66-103(91)122-104)71-48-56-82(57-49-71)109-118-108(81-38-20-7-21-39-81)119-111(120-109)95-65-89(64-93-90-44-22-23-45-102(90)121-105(93)95)84-41-25-43-87(61-84)110-115-97(75-30-12-3-13-31-75)67-98(116-110)76-32-14-4-15-33-76/h1-69H. The number of para-hydroxylation sites is 1. The lowest BCUT2D eigenvalue weighted by Gasteiger charge is -2.12. The Balaban J connectivity index is 0.633. The quantitative estimate of drug-likeness (QED) is 0.0860. The lowest BCUT2D eigenvalue weighted by Crippen LogP contribution is -2.00. The van der Waals surface area contributed by atoms with Gasteiger partial charge in [0.25, 0.3) is 0 Å². The van der Waals surface area contributed by atoms with Crippen LogP contribution in [0.1, 0.15) is 0 Å². The molecule has 0 N–H and O–H groups in total. The number of aromatic nitrogens is 9. The van der Waals surface area contributed by atoms with E-state index >= 15 is 0 Å². The van der Waals surface area contributed by atoms with E-state index in [9.17, 15) is 0 Å². The number of fused-ring (bicyclic) bond motifs is 6. The fourth-order valence-corrected chi connectivity index (χ4v) is 16.4. The Morgan fingerprint density at radius 3 is 0.910 bits per heavy atom. The van der Waals surface area contributed by atoms with E-state index in [1.165, 1.54) is 0 Å². The van der Waals surface area contributed by atoms with E-state index in [1.807, 2.05) is 146 Å². The molecule has 0 atom stereocenters. The predicted molar refractivity (Wildman–Crippen MR) is 494 cm³/mol. The molecular weight excluding hydrogens is 1490 g/mol. The average Bonchev–Trinajstić information content (AvgIpc) is 1.68. The van der Waals surface area contributed by atoms with Crippen molar-refractivity contribution in [3.05, 3.63) is 419 Å². The predicted octanol–water partition coefficient (Wildman–Crippen LogP) is 28.4. The summed E-state index contributed by atoms with van der Waals surface area (Å²) in [6.45, 7) is 0. The Bertz CT molecular complexity index is 7570. The Kier molecular flexibility index (Phi) is 18.3. The molecule has 6 aromatic heterocycles. The first-order valence-corrected chi connectivity index (χ1v) is 40.7. The van der Waals surface area contributed by atoms with Gasteiger partial charge in [0.2, 0.25) is 0 Å². The van der Waals surface area contributed by atoms with Gasteiger partial charge in [-0.3, -0.25) is 0 Å². The summed E-state index contributed by atoms with van der Waals surface area (Å²) in [4.78, 5) is 47.2. The molecule has 11 heteroatoms. The third-order valence-electron chi connectivity index (χ3n) is 22.6. The summed E-state index contributed by atoms with van der Waals surface area (Å²) in [7, 11) is 0. The number of furan rings is 2. The van der Waals surface area contributed by atoms with E-state index in [0.29, 0.717) is 40.5 Å². The average molecular weight is 1560 g/mol. The second-order valence-electron chi connectivity index (χ2n) is 30.4. The van der Waals surface area contributed by atoms with Crippen molar-refractivity contribution >= 4 is 43.9 Å². The third-order valence-corrected chi connectivity index (χ3v) is 22.6. The largest absolute Gasteiger partial charge is 0.455 e. The molecule has 570 valence electrons. The number of rotatable bonds is 17. The summed E-state index contributed by atoms with van der Waals surface area (Å²) in [5, 5.41) is 3.88. The van der Waals surface area contributed by atoms with Crippen LogP contribution in [0.25, 0.3) is 235 Å². The van der Waals surface area contributed by atoms with E-state index in [0.717, 1.165) is 195 Å². The SMILES string of the molecule is c1ccc(-c2cccc(-c3cc(-c4ccc(-c5cc(-c6ccc(-c7cc(-c8ccccc8)nc(-c8ccccc8)n7)cc6)c6oc7cc(-c8ccc(-c9nc(-c%10ccccc%10)nc(-c%10cc(-c%11cccc(-c%12nc(-c%13ccccc%13)cc(-c%13ccccc%13)n%12)c%11)cc%11c%10oc%10ccccc%10%11)n9)cc8)ccc7c6c5)cc4)nc(-c4ccccc4)n3)c2)cc1. The zero-order valence-electron chi connectivity index (χ0n) is 65.7. The molecule has 0 bridgehead atoms. The monoisotopic (exact) mass is 1560 g/mol. The zero-order valence-corrected chi connectivity index (χ0v) is 65.7. The molecule has 0 saturated carbocycles. The molecule has 0 aliphatic heterocycles. The number of hydrogen-bond acceptors (Lipinski definition) is 11. The lowest BCUT2D eigenvalue weighted by molar-refractivity contribution is 0.669. The van der Waals surface area contributed by atoms with E-state index in [-0.39, 0.29) is 0 Å². The van der Waals surface area contributed by atoms with Crippen molar-refractivity contribution in [1.82, 2.24) is 44.9 Å². The molecule has 6 heterocycles. The van der Waals surface area contributed by atoms with E-state index in [2.05, 4.69) is 273 Å². The maximum Gasteiger partial charge on any atom is 0.167 e. The number of benzene rings is 16. The van der Waals surface area contributed by atoms with Crippen LogP contribution in [0.4, 0.5) is 0 Å². The highest BCUT2D eigenvalue weighted by Crippen LogP contribution is 2.45. The molecule has 0 radical (unpaired) electrons. The lowest BCUT2D eigenvalue weighted by atomic mass is 9.94. The highest BCUT2D eigenvalue weighted by atomic mass is 16.3. The van der Waals surface area contributed by atoms with Gasteiger partial charge < -0.3 is 8.83 Å². The Labute approximate surface area is 703 Å². The molecule has 16 aromatic carbocycles. The van der Waals surface area contributed by atoms with Crippen molar-refractivity contribution in [3.8, 4) is 192 Å². The Morgan fingerprint density at radius 2 is 0.410 bits per heavy atom. The molecule has 0 saturated heterocycles. The van der Waals surface area contributed by atoms with Gasteiger partial charge in [0.15, 0.2) is 34.9 Å². The van der Waals surface area contributed by atoms with Crippen molar-refractivity contribution in [3.63, 3.8) is 0 Å². The van der Waals surface area contributed by atoms with Gasteiger partial charge in [-0.1, -0.05) is 346 Å². The van der Waals surface area contributed by atoms with Gasteiger partial charge in [-0.05, 0) is 123 Å². The summed E-state index contributed by atoms with van der Waals surface area (Å²) < 4.78 is 14.1. The Morgan fingerprint density at radius 1 is 0.131 bits per heavy atom. The van der Waals surface area contributed by atoms with Crippen LogP contribution in [0.5, 0.6) is 0 Å². The summed E-state index contributed by atoms with van der Waals surface area (Å²) >= 11 is 0. The molecule has 0 unspecified atom stereocenters. The molecular formula is C111H69N9O2. The minimum absolute atomic E-state index is 0.466. The third kappa shape index (κ3) is 14.1. The second kappa shape index (κ2) is 31.1. The van der Waals surface area contributed by atoms with Crippen LogP contribution in [0.15, 0.2) is 427 Å². The normalized spacial score (nSPS) is 11.4.